The molecule has 24 heavy (non-hydrogen) atoms. The Morgan fingerprint density at radius 3 is 2.42 bits per heavy atom. The van der Waals surface area contributed by atoms with Gasteiger partial charge >= 0.3 is 0 Å². The molecule has 1 heterocycles. The predicted octanol–water partition coefficient (Wildman–Crippen LogP) is 4.84. The summed E-state index contributed by atoms with van der Waals surface area (Å²) in [6.07, 6.45) is 2.06. The summed E-state index contributed by atoms with van der Waals surface area (Å²) in [4.78, 5) is 12.7. The molecule has 3 aromatic rings. The van der Waals surface area contributed by atoms with Crippen LogP contribution in [0.25, 0.3) is 10.9 Å². The highest BCUT2D eigenvalue weighted by atomic mass is 79.9. The van der Waals surface area contributed by atoms with Crippen molar-refractivity contribution in [3.8, 4) is 5.75 Å². The lowest BCUT2D eigenvalue weighted by atomic mass is 9.73. The molecule has 1 unspecified atom stereocenters. The minimum Gasteiger partial charge on any atom is -0.497 e. The van der Waals surface area contributed by atoms with Crippen LogP contribution in [0.15, 0.2) is 53.1 Å². The fourth-order valence-electron chi connectivity index (χ4n) is 3.23. The lowest BCUT2D eigenvalue weighted by Gasteiger charge is -2.27. The van der Waals surface area contributed by atoms with E-state index in [2.05, 4.69) is 38.8 Å². The molecule has 0 aliphatic heterocycles. The van der Waals surface area contributed by atoms with Crippen molar-refractivity contribution in [2.24, 2.45) is 7.05 Å². The number of halogens is 1. The molecule has 0 spiro atoms. The van der Waals surface area contributed by atoms with Crippen molar-refractivity contribution in [3.05, 3.63) is 64.3 Å². The smallest absolute Gasteiger partial charge is 0.144 e. The first-order chi connectivity index (χ1) is 11.4. The fraction of sp³-hybridized carbons (Fsp3) is 0.250. The lowest BCUT2D eigenvalue weighted by Crippen LogP contribution is -2.31. The topological polar surface area (TPSA) is 31.2 Å². The molecule has 124 valence electrons. The van der Waals surface area contributed by atoms with E-state index in [9.17, 15) is 4.79 Å². The second-order valence-corrected chi connectivity index (χ2v) is 7.14. The van der Waals surface area contributed by atoms with E-state index in [-0.39, 0.29) is 5.78 Å². The van der Waals surface area contributed by atoms with Crippen molar-refractivity contribution in [3.63, 3.8) is 0 Å². The zero-order chi connectivity index (χ0) is 17.5. The summed E-state index contributed by atoms with van der Waals surface area (Å²) in [5.41, 5.74) is 2.37. The summed E-state index contributed by atoms with van der Waals surface area (Å²) in [5.74, 6) is 0.898. The Kier molecular flexibility index (Phi) is 4.26. The Hall–Kier alpha value is -2.07. The summed E-state index contributed by atoms with van der Waals surface area (Å²) >= 11 is 3.52. The molecule has 3 rings (SSSR count). The molecule has 0 aliphatic rings. The maximum absolute atomic E-state index is 12.7. The Balaban J connectivity index is 2.26. The largest absolute Gasteiger partial charge is 0.497 e. The molecule has 4 heteroatoms. The maximum Gasteiger partial charge on any atom is 0.144 e. The van der Waals surface area contributed by atoms with E-state index in [1.54, 1.807) is 14.0 Å². The van der Waals surface area contributed by atoms with E-state index in [4.69, 9.17) is 4.74 Å². The fourth-order valence-corrected chi connectivity index (χ4v) is 3.58. The predicted molar refractivity (Wildman–Crippen MR) is 101 cm³/mol. The summed E-state index contributed by atoms with van der Waals surface area (Å²) in [6, 6.07) is 13.9. The zero-order valence-corrected chi connectivity index (χ0v) is 15.8. The number of ether oxygens (including phenoxy) is 1. The van der Waals surface area contributed by atoms with Gasteiger partial charge in [0.1, 0.15) is 11.5 Å². The molecule has 0 fully saturated rings. The number of methoxy groups -OCH3 is 1. The van der Waals surface area contributed by atoms with E-state index in [0.29, 0.717) is 0 Å². The monoisotopic (exact) mass is 385 g/mol. The molecule has 0 amide bonds. The van der Waals surface area contributed by atoms with Crippen LogP contribution >= 0.6 is 15.9 Å². The third kappa shape index (κ3) is 2.55. The van der Waals surface area contributed by atoms with E-state index in [1.165, 1.54) is 0 Å². The first-order valence-electron chi connectivity index (χ1n) is 7.78. The van der Waals surface area contributed by atoms with Gasteiger partial charge in [-0.2, -0.15) is 0 Å². The number of benzene rings is 2. The van der Waals surface area contributed by atoms with Crippen molar-refractivity contribution in [2.45, 2.75) is 19.3 Å². The Labute approximate surface area is 150 Å². The van der Waals surface area contributed by atoms with Gasteiger partial charge in [0.2, 0.25) is 0 Å². The molecule has 0 bridgehead atoms. The second-order valence-electron chi connectivity index (χ2n) is 6.22. The Bertz CT molecular complexity index is 911. The zero-order valence-electron chi connectivity index (χ0n) is 14.3. The summed E-state index contributed by atoms with van der Waals surface area (Å²) in [5, 5.41) is 1.09. The first-order valence-corrected chi connectivity index (χ1v) is 8.58. The Morgan fingerprint density at radius 2 is 1.83 bits per heavy atom. The molecule has 0 saturated heterocycles. The molecular weight excluding hydrogens is 366 g/mol. The number of Topliss-reactive ketones (excluding diaryl/α,β-unsaturated/α-hetero) is 1. The quantitative estimate of drug-likeness (QED) is 0.642. The van der Waals surface area contributed by atoms with Crippen LogP contribution in [-0.2, 0) is 17.3 Å². The van der Waals surface area contributed by atoms with E-state index < -0.39 is 5.41 Å². The van der Waals surface area contributed by atoms with Gasteiger partial charge in [-0.3, -0.25) is 4.79 Å². The van der Waals surface area contributed by atoms with Crippen molar-refractivity contribution in [2.75, 3.05) is 7.11 Å². The lowest BCUT2D eigenvalue weighted by molar-refractivity contribution is -0.120. The number of aromatic nitrogens is 1. The van der Waals surface area contributed by atoms with Gasteiger partial charge in [-0.15, -0.1) is 0 Å². The number of fused-ring (bicyclic) bond motifs is 1. The van der Waals surface area contributed by atoms with Crippen molar-refractivity contribution >= 4 is 32.6 Å². The SMILES string of the molecule is COc1ccc(C(C)(C(C)=O)c2cn(C)c3cc(Br)ccc23)cc1. The minimum atomic E-state index is -0.709. The number of rotatable bonds is 4. The van der Waals surface area contributed by atoms with Crippen LogP contribution in [0.4, 0.5) is 0 Å². The molecule has 0 aliphatic carbocycles. The van der Waals surface area contributed by atoms with Gasteiger partial charge in [0.05, 0.1) is 12.5 Å². The summed E-state index contributed by atoms with van der Waals surface area (Å²) in [7, 11) is 3.65. The number of nitrogens with zero attached hydrogens (tertiary/aromatic N) is 1. The third-order valence-corrected chi connectivity index (χ3v) is 5.36. The van der Waals surface area contributed by atoms with Gasteiger partial charge in [0.15, 0.2) is 0 Å². The van der Waals surface area contributed by atoms with Crippen LogP contribution in [0.5, 0.6) is 5.75 Å². The molecule has 0 N–H and O–H groups in total. The molecule has 0 saturated carbocycles. The molecule has 0 radical (unpaired) electrons. The van der Waals surface area contributed by atoms with Gasteiger partial charge in [-0.1, -0.05) is 34.1 Å². The van der Waals surface area contributed by atoms with E-state index in [0.717, 1.165) is 32.3 Å². The molecule has 2 aromatic carbocycles. The maximum atomic E-state index is 12.7. The highest BCUT2D eigenvalue weighted by molar-refractivity contribution is 9.10. The van der Waals surface area contributed by atoms with Crippen LogP contribution in [-0.4, -0.2) is 17.5 Å². The van der Waals surface area contributed by atoms with Crippen LogP contribution in [0.1, 0.15) is 25.0 Å². The van der Waals surface area contributed by atoms with E-state index >= 15 is 0 Å². The highest BCUT2D eigenvalue weighted by Crippen LogP contribution is 2.39. The molecule has 1 aromatic heterocycles. The van der Waals surface area contributed by atoms with E-state index in [1.807, 2.05) is 44.3 Å². The van der Waals surface area contributed by atoms with Gasteiger partial charge in [-0.05, 0) is 49.2 Å². The first kappa shape index (κ1) is 16.8. The molecule has 1 atom stereocenters. The second kappa shape index (κ2) is 6.10. The number of hydrogen-bond donors (Lipinski definition) is 0. The number of ketones is 1. The average molecular weight is 386 g/mol. The Morgan fingerprint density at radius 1 is 1.17 bits per heavy atom. The van der Waals surface area contributed by atoms with Crippen molar-refractivity contribution in [1.29, 1.82) is 0 Å². The van der Waals surface area contributed by atoms with Gasteiger partial charge in [-0.25, -0.2) is 0 Å². The number of aryl methyl sites for hydroxylation is 1. The normalized spacial score (nSPS) is 13.7. The van der Waals surface area contributed by atoms with Crippen LogP contribution in [0.3, 0.4) is 0 Å². The highest BCUT2D eigenvalue weighted by Gasteiger charge is 2.36. The molecule has 3 nitrogen and oxygen atoms in total. The van der Waals surface area contributed by atoms with Crippen LogP contribution < -0.4 is 4.74 Å². The van der Waals surface area contributed by atoms with Crippen molar-refractivity contribution in [1.82, 2.24) is 4.57 Å². The van der Waals surface area contributed by atoms with Gasteiger partial charge < -0.3 is 9.30 Å². The molecular formula is C20H20BrNO2. The van der Waals surface area contributed by atoms with Gasteiger partial charge in [0.25, 0.3) is 0 Å². The van der Waals surface area contributed by atoms with Crippen LogP contribution in [0, 0.1) is 0 Å². The standard InChI is InChI=1S/C20H20BrNO2/c1-13(23)20(2,14-5-8-16(24-4)9-6-14)18-12-22(3)19-11-15(21)7-10-17(18)19/h5-12H,1-4H3. The summed E-state index contributed by atoms with van der Waals surface area (Å²) in [6.45, 7) is 3.65. The average Bonchev–Trinajstić information content (AvgIpc) is 2.90. The number of carbonyl (C=O) groups is 1. The number of hydrogen-bond acceptors (Lipinski definition) is 2. The van der Waals surface area contributed by atoms with Crippen LogP contribution in [0.2, 0.25) is 0 Å². The number of carbonyl (C=O) groups excluding carboxylic acids is 1. The van der Waals surface area contributed by atoms with Crippen molar-refractivity contribution < 1.29 is 9.53 Å². The summed E-state index contributed by atoms with van der Waals surface area (Å²) < 4.78 is 8.34. The van der Waals surface area contributed by atoms with Gasteiger partial charge in [0, 0.05) is 28.6 Å². The third-order valence-electron chi connectivity index (χ3n) is 4.86. The minimum absolute atomic E-state index is 0.114.